The van der Waals surface area contributed by atoms with Gasteiger partial charge in [-0.3, -0.25) is 9.59 Å². The van der Waals surface area contributed by atoms with Gasteiger partial charge in [-0.05, 0) is 43.7 Å². The van der Waals surface area contributed by atoms with E-state index in [9.17, 15) is 9.59 Å². The van der Waals surface area contributed by atoms with Crippen molar-refractivity contribution in [2.75, 3.05) is 6.54 Å². The van der Waals surface area contributed by atoms with Gasteiger partial charge in [-0.1, -0.05) is 63.6 Å². The monoisotopic (exact) mass is 382 g/mol. The standard InChI is InChI=1S/C24H34N2O2/c1-2-3-17-26-23(28)20-14-8-7-13-19(20)21(24(26)15-9-10-16-24)22(27)25-18-11-5-4-6-12-18/h7-8,13-14,18,21H,2-6,9-12,15-17H2,1H3,(H,25,27)/t21-/m1/s1. The molecular formula is C24H34N2O2. The molecule has 4 heteroatoms. The molecule has 0 saturated heterocycles. The molecule has 1 N–H and O–H groups in total. The maximum absolute atomic E-state index is 13.7. The van der Waals surface area contributed by atoms with Crippen LogP contribution in [0.15, 0.2) is 24.3 Å². The molecule has 4 rings (SSSR count). The zero-order chi connectivity index (χ0) is 19.6. The zero-order valence-electron chi connectivity index (χ0n) is 17.2. The average Bonchev–Trinajstić information content (AvgIpc) is 3.18. The van der Waals surface area contributed by atoms with E-state index in [1.54, 1.807) is 0 Å². The van der Waals surface area contributed by atoms with Gasteiger partial charge >= 0.3 is 0 Å². The first kappa shape index (κ1) is 19.5. The van der Waals surface area contributed by atoms with E-state index in [0.29, 0.717) is 6.04 Å². The third-order valence-electron chi connectivity index (χ3n) is 7.24. The smallest absolute Gasteiger partial charge is 0.254 e. The van der Waals surface area contributed by atoms with Crippen LogP contribution in [0.2, 0.25) is 0 Å². The molecule has 2 amide bonds. The summed E-state index contributed by atoms with van der Waals surface area (Å²) in [6.45, 7) is 2.92. The first-order chi connectivity index (χ1) is 13.7. The van der Waals surface area contributed by atoms with Gasteiger partial charge in [0.25, 0.3) is 5.91 Å². The Hall–Kier alpha value is -1.84. The first-order valence-corrected chi connectivity index (χ1v) is 11.4. The largest absolute Gasteiger partial charge is 0.353 e. The van der Waals surface area contributed by atoms with Gasteiger partial charge < -0.3 is 10.2 Å². The lowest BCUT2D eigenvalue weighted by Gasteiger charge is -2.50. The number of rotatable bonds is 5. The fourth-order valence-corrected chi connectivity index (χ4v) is 5.84. The normalized spacial score (nSPS) is 24.4. The molecule has 1 aromatic rings. The van der Waals surface area contributed by atoms with Crippen molar-refractivity contribution in [1.82, 2.24) is 10.2 Å². The van der Waals surface area contributed by atoms with E-state index in [1.165, 1.54) is 19.3 Å². The molecule has 152 valence electrons. The third-order valence-corrected chi connectivity index (χ3v) is 7.24. The van der Waals surface area contributed by atoms with Crippen LogP contribution in [0, 0.1) is 0 Å². The Labute approximate surface area is 169 Å². The molecule has 2 fully saturated rings. The van der Waals surface area contributed by atoms with Crippen LogP contribution in [0.5, 0.6) is 0 Å². The van der Waals surface area contributed by atoms with Crippen LogP contribution >= 0.6 is 0 Å². The predicted molar refractivity (Wildman–Crippen MR) is 111 cm³/mol. The van der Waals surface area contributed by atoms with Gasteiger partial charge in [0, 0.05) is 18.2 Å². The molecule has 4 nitrogen and oxygen atoms in total. The van der Waals surface area contributed by atoms with E-state index in [0.717, 1.165) is 69.0 Å². The van der Waals surface area contributed by atoms with Crippen molar-refractivity contribution in [2.24, 2.45) is 0 Å². The highest BCUT2D eigenvalue weighted by atomic mass is 16.2. The van der Waals surface area contributed by atoms with Crippen molar-refractivity contribution in [1.29, 1.82) is 0 Å². The summed E-state index contributed by atoms with van der Waals surface area (Å²) < 4.78 is 0. The Balaban J connectivity index is 1.72. The number of amides is 2. The van der Waals surface area contributed by atoms with Crippen molar-refractivity contribution in [2.45, 2.75) is 95.1 Å². The van der Waals surface area contributed by atoms with Gasteiger partial charge in [-0.2, -0.15) is 0 Å². The summed E-state index contributed by atoms with van der Waals surface area (Å²) in [5.41, 5.74) is 1.36. The van der Waals surface area contributed by atoms with Crippen LogP contribution in [0.3, 0.4) is 0 Å². The summed E-state index contributed by atoms with van der Waals surface area (Å²) in [7, 11) is 0. The van der Waals surface area contributed by atoms with Gasteiger partial charge in [-0.15, -0.1) is 0 Å². The highest BCUT2D eigenvalue weighted by Crippen LogP contribution is 2.50. The molecule has 1 heterocycles. The summed E-state index contributed by atoms with van der Waals surface area (Å²) >= 11 is 0. The van der Waals surface area contributed by atoms with Crippen molar-refractivity contribution in [3.63, 3.8) is 0 Å². The zero-order valence-corrected chi connectivity index (χ0v) is 17.2. The summed E-state index contributed by atoms with van der Waals surface area (Å²) in [5, 5.41) is 3.40. The van der Waals surface area contributed by atoms with E-state index in [1.807, 2.05) is 24.3 Å². The predicted octanol–water partition coefficient (Wildman–Crippen LogP) is 4.79. The Kier molecular flexibility index (Phi) is 5.75. The quantitative estimate of drug-likeness (QED) is 0.796. The van der Waals surface area contributed by atoms with E-state index >= 15 is 0 Å². The van der Waals surface area contributed by atoms with Crippen LogP contribution in [0.25, 0.3) is 0 Å². The topological polar surface area (TPSA) is 49.4 Å². The Bertz CT molecular complexity index is 717. The minimum atomic E-state index is -0.334. The van der Waals surface area contributed by atoms with Crippen LogP contribution in [-0.4, -0.2) is 34.8 Å². The molecule has 0 bridgehead atoms. The fourth-order valence-electron chi connectivity index (χ4n) is 5.84. The summed E-state index contributed by atoms with van der Waals surface area (Å²) in [6, 6.07) is 8.15. The molecule has 2 saturated carbocycles. The van der Waals surface area contributed by atoms with Crippen molar-refractivity contribution in [3.8, 4) is 0 Å². The number of nitrogens with one attached hydrogen (secondary N) is 1. The molecular weight excluding hydrogens is 348 g/mol. The lowest BCUT2D eigenvalue weighted by atomic mass is 9.70. The lowest BCUT2D eigenvalue weighted by Crippen LogP contribution is -2.61. The molecule has 1 spiro atoms. The second-order valence-corrected chi connectivity index (χ2v) is 8.98. The van der Waals surface area contributed by atoms with Crippen LogP contribution in [0.1, 0.15) is 99.4 Å². The minimum Gasteiger partial charge on any atom is -0.353 e. The first-order valence-electron chi connectivity index (χ1n) is 11.4. The van der Waals surface area contributed by atoms with Crippen LogP contribution in [-0.2, 0) is 4.79 Å². The number of nitrogens with zero attached hydrogens (tertiary/aromatic N) is 1. The highest BCUT2D eigenvalue weighted by molar-refractivity contribution is 6.02. The number of fused-ring (bicyclic) bond motifs is 1. The third kappa shape index (κ3) is 3.35. The fraction of sp³-hybridized carbons (Fsp3) is 0.667. The van der Waals surface area contributed by atoms with E-state index in [4.69, 9.17) is 0 Å². The van der Waals surface area contributed by atoms with Gasteiger partial charge in [0.2, 0.25) is 5.91 Å². The van der Waals surface area contributed by atoms with E-state index in [2.05, 4.69) is 17.1 Å². The Morgan fingerprint density at radius 2 is 1.82 bits per heavy atom. The minimum absolute atomic E-state index is 0.132. The lowest BCUT2D eigenvalue weighted by molar-refractivity contribution is -0.127. The Morgan fingerprint density at radius 3 is 2.54 bits per heavy atom. The second-order valence-electron chi connectivity index (χ2n) is 8.98. The molecule has 1 atom stereocenters. The number of hydrogen-bond acceptors (Lipinski definition) is 2. The van der Waals surface area contributed by atoms with Crippen molar-refractivity contribution >= 4 is 11.8 Å². The maximum Gasteiger partial charge on any atom is 0.254 e. The highest BCUT2D eigenvalue weighted by Gasteiger charge is 2.55. The number of hydrogen-bond donors (Lipinski definition) is 1. The molecule has 0 unspecified atom stereocenters. The molecule has 3 aliphatic rings. The van der Waals surface area contributed by atoms with Crippen molar-refractivity contribution in [3.05, 3.63) is 35.4 Å². The van der Waals surface area contributed by atoms with E-state index < -0.39 is 0 Å². The molecule has 1 aliphatic heterocycles. The van der Waals surface area contributed by atoms with Gasteiger partial charge in [0.05, 0.1) is 11.5 Å². The number of benzene rings is 1. The molecule has 0 aromatic heterocycles. The summed E-state index contributed by atoms with van der Waals surface area (Å²) in [4.78, 5) is 29.2. The molecule has 1 aromatic carbocycles. The summed E-state index contributed by atoms with van der Waals surface area (Å²) in [6.07, 6.45) is 12.0. The molecule has 0 radical (unpaired) electrons. The second kappa shape index (κ2) is 8.26. The number of carbonyl (C=O) groups excluding carboxylic acids is 2. The van der Waals surface area contributed by atoms with Gasteiger partial charge in [-0.25, -0.2) is 0 Å². The van der Waals surface area contributed by atoms with Crippen molar-refractivity contribution < 1.29 is 9.59 Å². The van der Waals surface area contributed by atoms with Crippen LogP contribution < -0.4 is 5.32 Å². The van der Waals surface area contributed by atoms with E-state index in [-0.39, 0.29) is 23.3 Å². The average molecular weight is 383 g/mol. The van der Waals surface area contributed by atoms with Gasteiger partial charge in [0.1, 0.15) is 0 Å². The SMILES string of the molecule is CCCCN1C(=O)c2ccccc2[C@H](C(=O)NC2CCCCC2)C12CCCC2. The van der Waals surface area contributed by atoms with Gasteiger partial charge in [0.15, 0.2) is 0 Å². The number of carbonyl (C=O) groups is 2. The molecule has 28 heavy (non-hydrogen) atoms. The maximum atomic E-state index is 13.7. The summed E-state index contributed by atoms with van der Waals surface area (Å²) in [5.74, 6) is 0.0468. The molecule has 2 aliphatic carbocycles. The Morgan fingerprint density at radius 1 is 1.11 bits per heavy atom. The number of unbranched alkanes of at least 4 members (excludes halogenated alkanes) is 1. The van der Waals surface area contributed by atoms with Crippen LogP contribution in [0.4, 0.5) is 0 Å².